The molecule has 7 nitrogen and oxygen atoms in total. The van der Waals surface area contributed by atoms with Gasteiger partial charge in [0.15, 0.2) is 0 Å². The summed E-state index contributed by atoms with van der Waals surface area (Å²) < 4.78 is 44.4. The van der Waals surface area contributed by atoms with Crippen molar-refractivity contribution in [1.29, 1.82) is 0 Å². The summed E-state index contributed by atoms with van der Waals surface area (Å²) in [5.41, 5.74) is 6.19. The Hall–Kier alpha value is -1.03. The summed E-state index contributed by atoms with van der Waals surface area (Å²) in [4.78, 5) is 0.148. The van der Waals surface area contributed by atoms with Crippen LogP contribution < -0.4 is 5.73 Å². The fourth-order valence-electron chi connectivity index (χ4n) is 1.79. The molecule has 1 aromatic carbocycles. The van der Waals surface area contributed by atoms with Gasteiger partial charge in [0.2, 0.25) is 0 Å². The van der Waals surface area contributed by atoms with Gasteiger partial charge < -0.3 is 19.9 Å². The lowest BCUT2D eigenvalue weighted by atomic mass is 10.2. The van der Waals surface area contributed by atoms with E-state index >= 15 is 0 Å². The van der Waals surface area contributed by atoms with Crippen LogP contribution in [-0.2, 0) is 28.5 Å². The number of hydrogen-bond donors (Lipinski definition) is 1. The van der Waals surface area contributed by atoms with Crippen molar-refractivity contribution < 1.29 is 26.8 Å². The molecule has 0 aliphatic heterocycles. The molecule has 0 radical (unpaired) electrons. The molecule has 1 rings (SSSR count). The van der Waals surface area contributed by atoms with Gasteiger partial charge in [0.05, 0.1) is 38.1 Å². The third-order valence-corrected chi connectivity index (χ3v) is 4.42. The second kappa shape index (κ2) is 12.3. The van der Waals surface area contributed by atoms with E-state index in [0.717, 1.165) is 18.4 Å². The molecule has 0 amide bonds. The maximum absolute atomic E-state index is 11.9. The summed E-state index contributed by atoms with van der Waals surface area (Å²) in [7, 11) is -3.72. The molecule has 0 unspecified atom stereocenters. The topological polar surface area (TPSA) is 97.1 Å². The van der Waals surface area contributed by atoms with E-state index in [1.54, 1.807) is 12.1 Å². The van der Waals surface area contributed by atoms with Crippen LogP contribution >= 0.6 is 0 Å². The number of hydrogen-bond acceptors (Lipinski definition) is 7. The molecule has 24 heavy (non-hydrogen) atoms. The third-order valence-electron chi connectivity index (χ3n) is 3.09. The Morgan fingerprint density at radius 3 is 2.00 bits per heavy atom. The van der Waals surface area contributed by atoms with E-state index in [2.05, 4.69) is 0 Å². The minimum Gasteiger partial charge on any atom is -0.379 e. The summed E-state index contributed by atoms with van der Waals surface area (Å²) in [5, 5.41) is 0. The molecule has 0 aromatic heterocycles. The lowest BCUT2D eigenvalue weighted by molar-refractivity contribution is 0.0338. The lowest BCUT2D eigenvalue weighted by Gasteiger charge is -2.07. The predicted molar refractivity (Wildman–Crippen MR) is 90.2 cm³/mol. The monoisotopic (exact) mass is 361 g/mol. The van der Waals surface area contributed by atoms with Crippen LogP contribution in [0, 0.1) is 6.92 Å². The van der Waals surface area contributed by atoms with Crippen LogP contribution in [-0.4, -0.2) is 54.8 Å². The van der Waals surface area contributed by atoms with Gasteiger partial charge in [-0.2, -0.15) is 8.42 Å². The molecule has 8 heteroatoms. The van der Waals surface area contributed by atoms with Gasteiger partial charge in [-0.25, -0.2) is 0 Å². The Labute approximate surface area is 144 Å². The highest BCUT2D eigenvalue weighted by Gasteiger charge is 2.14. The SMILES string of the molecule is Cc1ccc(S(=O)(=O)OCCOCCOCCCCOCN)cc1. The van der Waals surface area contributed by atoms with Gasteiger partial charge in [-0.3, -0.25) is 4.18 Å². The third kappa shape index (κ3) is 9.31. The number of nitrogens with two attached hydrogens (primary N) is 1. The Balaban J connectivity index is 2.01. The van der Waals surface area contributed by atoms with Gasteiger partial charge in [0.25, 0.3) is 10.1 Å². The largest absolute Gasteiger partial charge is 0.379 e. The fourth-order valence-corrected chi connectivity index (χ4v) is 2.68. The number of aryl methyl sites for hydroxylation is 1. The van der Waals surface area contributed by atoms with E-state index in [4.69, 9.17) is 24.1 Å². The zero-order chi connectivity index (χ0) is 17.7. The molecule has 0 saturated carbocycles. The van der Waals surface area contributed by atoms with E-state index in [1.807, 2.05) is 6.92 Å². The van der Waals surface area contributed by atoms with E-state index in [1.165, 1.54) is 12.1 Å². The van der Waals surface area contributed by atoms with Crippen molar-refractivity contribution in [3.8, 4) is 0 Å². The second-order valence-corrected chi connectivity index (χ2v) is 6.71. The van der Waals surface area contributed by atoms with Gasteiger partial charge in [-0.15, -0.1) is 0 Å². The van der Waals surface area contributed by atoms with Gasteiger partial charge in [-0.1, -0.05) is 17.7 Å². The smallest absolute Gasteiger partial charge is 0.297 e. The zero-order valence-corrected chi connectivity index (χ0v) is 14.9. The second-order valence-electron chi connectivity index (χ2n) is 5.10. The molecule has 0 bridgehead atoms. The van der Waals surface area contributed by atoms with Crippen LogP contribution in [0.15, 0.2) is 29.2 Å². The maximum atomic E-state index is 11.9. The van der Waals surface area contributed by atoms with Crippen LogP contribution in [0.1, 0.15) is 18.4 Å². The molecule has 0 saturated heterocycles. The first-order valence-corrected chi connectivity index (χ1v) is 9.36. The molecule has 0 heterocycles. The minimum absolute atomic E-state index is 0.0212. The molecular formula is C16H27NO6S. The van der Waals surface area contributed by atoms with Crippen molar-refractivity contribution in [2.45, 2.75) is 24.7 Å². The number of unbranched alkanes of at least 4 members (excludes halogenated alkanes) is 1. The van der Waals surface area contributed by atoms with Crippen LogP contribution in [0.3, 0.4) is 0 Å². The molecule has 138 valence electrons. The van der Waals surface area contributed by atoms with Crippen molar-refractivity contribution in [3.63, 3.8) is 0 Å². The number of rotatable bonds is 14. The number of ether oxygens (including phenoxy) is 3. The molecule has 0 spiro atoms. The lowest BCUT2D eigenvalue weighted by Crippen LogP contribution is -2.13. The standard InChI is InChI=1S/C16H27NO6S/c1-15-4-6-16(7-5-15)24(18,19)23-13-12-21-11-10-20-8-2-3-9-22-14-17/h4-7H,2-3,8-14,17H2,1H3. The van der Waals surface area contributed by atoms with Gasteiger partial charge in [0.1, 0.15) is 0 Å². The van der Waals surface area contributed by atoms with Crippen molar-refractivity contribution in [2.75, 3.05) is 46.4 Å². The van der Waals surface area contributed by atoms with Crippen LogP contribution in [0.4, 0.5) is 0 Å². The summed E-state index contributed by atoms with van der Waals surface area (Å²) in [6.07, 6.45) is 1.81. The summed E-state index contributed by atoms with van der Waals surface area (Å²) in [6, 6.07) is 6.51. The Bertz CT molecular complexity index is 532. The van der Waals surface area contributed by atoms with Gasteiger partial charge in [-0.05, 0) is 31.9 Å². The van der Waals surface area contributed by atoms with E-state index in [0.29, 0.717) is 26.4 Å². The highest BCUT2D eigenvalue weighted by atomic mass is 32.2. The van der Waals surface area contributed by atoms with Crippen molar-refractivity contribution in [3.05, 3.63) is 29.8 Å². The van der Waals surface area contributed by atoms with Crippen LogP contribution in [0.25, 0.3) is 0 Å². The van der Waals surface area contributed by atoms with E-state index in [9.17, 15) is 8.42 Å². The first-order chi connectivity index (χ1) is 11.6. The zero-order valence-electron chi connectivity index (χ0n) is 14.1. The number of benzene rings is 1. The van der Waals surface area contributed by atoms with E-state index < -0.39 is 10.1 Å². The average molecular weight is 361 g/mol. The molecule has 0 aliphatic rings. The average Bonchev–Trinajstić information content (AvgIpc) is 2.56. The minimum atomic E-state index is -3.72. The van der Waals surface area contributed by atoms with Gasteiger partial charge in [0, 0.05) is 13.2 Å². The predicted octanol–water partition coefficient (Wildman–Crippen LogP) is 1.45. The van der Waals surface area contributed by atoms with Gasteiger partial charge >= 0.3 is 0 Å². The first kappa shape index (κ1) is 21.0. The quantitative estimate of drug-likeness (QED) is 0.304. The summed E-state index contributed by atoms with van der Waals surface area (Å²) in [6.45, 7) is 4.44. The molecule has 2 N–H and O–H groups in total. The Morgan fingerprint density at radius 1 is 0.833 bits per heavy atom. The molecule has 1 aromatic rings. The highest BCUT2D eigenvalue weighted by molar-refractivity contribution is 7.86. The van der Waals surface area contributed by atoms with Crippen LogP contribution in [0.2, 0.25) is 0 Å². The molecule has 0 fully saturated rings. The van der Waals surface area contributed by atoms with E-state index in [-0.39, 0.29) is 24.8 Å². The van der Waals surface area contributed by atoms with Crippen molar-refractivity contribution >= 4 is 10.1 Å². The summed E-state index contributed by atoms with van der Waals surface area (Å²) >= 11 is 0. The molecular weight excluding hydrogens is 334 g/mol. The van der Waals surface area contributed by atoms with Crippen molar-refractivity contribution in [2.24, 2.45) is 5.73 Å². The molecule has 0 atom stereocenters. The normalized spacial score (nSPS) is 11.8. The maximum Gasteiger partial charge on any atom is 0.297 e. The fraction of sp³-hybridized carbons (Fsp3) is 0.625. The highest BCUT2D eigenvalue weighted by Crippen LogP contribution is 2.12. The Morgan fingerprint density at radius 2 is 1.38 bits per heavy atom. The van der Waals surface area contributed by atoms with Crippen LogP contribution in [0.5, 0.6) is 0 Å². The van der Waals surface area contributed by atoms with Crippen molar-refractivity contribution in [1.82, 2.24) is 0 Å². The first-order valence-electron chi connectivity index (χ1n) is 7.95. The molecule has 0 aliphatic carbocycles. The summed E-state index contributed by atoms with van der Waals surface area (Å²) in [5.74, 6) is 0. The Kier molecular flexibility index (Phi) is 10.8.